The molecule has 1 aliphatic heterocycles. The zero-order chi connectivity index (χ0) is 11.6. The Balaban J connectivity index is 2.19. The Morgan fingerprint density at radius 2 is 2.06 bits per heavy atom. The van der Waals surface area contributed by atoms with Gasteiger partial charge in [0.15, 0.2) is 0 Å². The number of nitrogens with one attached hydrogen (secondary N) is 1. The molecular weight excluding hydrogens is 208 g/mol. The van der Waals surface area contributed by atoms with Crippen molar-refractivity contribution in [3.8, 4) is 0 Å². The van der Waals surface area contributed by atoms with Crippen molar-refractivity contribution in [3.05, 3.63) is 0 Å². The van der Waals surface area contributed by atoms with Gasteiger partial charge in [-0.3, -0.25) is 9.59 Å². The topological polar surface area (TPSA) is 58.6 Å². The van der Waals surface area contributed by atoms with Crippen molar-refractivity contribution in [2.24, 2.45) is 0 Å². The number of piperazine rings is 1. The van der Waals surface area contributed by atoms with Gasteiger partial charge < -0.3 is 15.0 Å². The number of amides is 2. The van der Waals surface area contributed by atoms with Crippen LogP contribution in [0.15, 0.2) is 0 Å². The summed E-state index contributed by atoms with van der Waals surface area (Å²) in [6.45, 7) is 1.13. The second-order valence-electron chi connectivity index (χ2n) is 4.46. The SMILES string of the molecule is COCCN1C(=O)CNC(=O)C12CCCC2. The van der Waals surface area contributed by atoms with Crippen LogP contribution in [0.3, 0.4) is 0 Å². The molecule has 5 heteroatoms. The van der Waals surface area contributed by atoms with Crippen LogP contribution in [0.2, 0.25) is 0 Å². The molecule has 0 atom stereocenters. The molecule has 0 bridgehead atoms. The molecule has 2 fully saturated rings. The second-order valence-corrected chi connectivity index (χ2v) is 4.46. The van der Waals surface area contributed by atoms with Gasteiger partial charge in [-0.05, 0) is 12.8 Å². The van der Waals surface area contributed by atoms with Gasteiger partial charge in [0.1, 0.15) is 5.54 Å². The fraction of sp³-hybridized carbons (Fsp3) is 0.818. The Morgan fingerprint density at radius 1 is 1.38 bits per heavy atom. The largest absolute Gasteiger partial charge is 0.383 e. The summed E-state index contributed by atoms with van der Waals surface area (Å²) in [5.41, 5.74) is -0.576. The highest BCUT2D eigenvalue weighted by Crippen LogP contribution is 2.36. The van der Waals surface area contributed by atoms with Gasteiger partial charge in [-0.15, -0.1) is 0 Å². The van der Waals surface area contributed by atoms with E-state index in [2.05, 4.69) is 5.32 Å². The highest BCUT2D eigenvalue weighted by molar-refractivity contribution is 5.98. The Morgan fingerprint density at radius 3 is 2.69 bits per heavy atom. The molecule has 1 saturated heterocycles. The minimum atomic E-state index is -0.576. The molecule has 2 aliphatic rings. The first-order valence-electron chi connectivity index (χ1n) is 5.78. The molecule has 16 heavy (non-hydrogen) atoms. The van der Waals surface area contributed by atoms with E-state index >= 15 is 0 Å². The maximum absolute atomic E-state index is 12.0. The molecule has 1 saturated carbocycles. The first-order valence-corrected chi connectivity index (χ1v) is 5.78. The van der Waals surface area contributed by atoms with Crippen LogP contribution in [0.25, 0.3) is 0 Å². The van der Waals surface area contributed by atoms with E-state index < -0.39 is 5.54 Å². The third kappa shape index (κ3) is 1.69. The summed E-state index contributed by atoms with van der Waals surface area (Å²) in [5, 5.41) is 2.70. The molecule has 1 N–H and O–H groups in total. The normalized spacial score (nSPS) is 23.9. The number of carbonyl (C=O) groups is 2. The van der Waals surface area contributed by atoms with Gasteiger partial charge in [-0.1, -0.05) is 12.8 Å². The lowest BCUT2D eigenvalue weighted by molar-refractivity contribution is -0.154. The standard InChI is InChI=1S/C11H18N2O3/c1-16-7-6-13-9(14)8-12-10(15)11(13)4-2-3-5-11/h2-8H2,1H3,(H,12,15). The summed E-state index contributed by atoms with van der Waals surface area (Å²) < 4.78 is 5.01. The van der Waals surface area contributed by atoms with Crippen LogP contribution < -0.4 is 5.32 Å². The third-order valence-corrected chi connectivity index (χ3v) is 3.59. The number of ether oxygens (including phenoxy) is 1. The van der Waals surface area contributed by atoms with E-state index in [0.29, 0.717) is 13.2 Å². The van der Waals surface area contributed by atoms with Gasteiger partial charge in [0.2, 0.25) is 11.8 Å². The zero-order valence-corrected chi connectivity index (χ0v) is 9.62. The van der Waals surface area contributed by atoms with Gasteiger partial charge in [0, 0.05) is 13.7 Å². The van der Waals surface area contributed by atoms with Crippen LogP contribution in [0.4, 0.5) is 0 Å². The molecule has 90 valence electrons. The molecule has 2 amide bonds. The average Bonchev–Trinajstić information content (AvgIpc) is 2.75. The molecule has 1 heterocycles. The van der Waals surface area contributed by atoms with E-state index in [1.165, 1.54) is 0 Å². The molecule has 0 aromatic heterocycles. The summed E-state index contributed by atoms with van der Waals surface area (Å²) >= 11 is 0. The van der Waals surface area contributed by atoms with Crippen molar-refractivity contribution in [3.63, 3.8) is 0 Å². The molecular formula is C11H18N2O3. The number of hydrogen-bond acceptors (Lipinski definition) is 3. The molecule has 5 nitrogen and oxygen atoms in total. The molecule has 2 rings (SSSR count). The predicted molar refractivity (Wildman–Crippen MR) is 57.8 cm³/mol. The first-order chi connectivity index (χ1) is 7.70. The number of methoxy groups -OCH3 is 1. The van der Waals surface area contributed by atoms with Crippen molar-refractivity contribution in [2.45, 2.75) is 31.2 Å². The summed E-state index contributed by atoms with van der Waals surface area (Å²) in [5.74, 6) is 0.0271. The Kier molecular flexibility index (Phi) is 3.14. The van der Waals surface area contributed by atoms with Gasteiger partial charge in [0.05, 0.1) is 13.2 Å². The minimum Gasteiger partial charge on any atom is -0.383 e. The molecule has 0 unspecified atom stereocenters. The highest BCUT2D eigenvalue weighted by atomic mass is 16.5. The number of rotatable bonds is 3. The zero-order valence-electron chi connectivity index (χ0n) is 9.62. The van der Waals surface area contributed by atoms with Crippen LogP contribution in [0.5, 0.6) is 0 Å². The fourth-order valence-electron chi connectivity index (χ4n) is 2.76. The summed E-state index contributed by atoms with van der Waals surface area (Å²) in [6.07, 6.45) is 3.61. The van der Waals surface area contributed by atoms with E-state index in [1.54, 1.807) is 12.0 Å². The number of nitrogens with zero attached hydrogens (tertiary/aromatic N) is 1. The summed E-state index contributed by atoms with van der Waals surface area (Å²) in [7, 11) is 1.61. The van der Waals surface area contributed by atoms with Gasteiger partial charge in [-0.25, -0.2) is 0 Å². The average molecular weight is 226 g/mol. The number of carbonyl (C=O) groups excluding carboxylic acids is 2. The second kappa shape index (κ2) is 4.41. The van der Waals surface area contributed by atoms with Crippen molar-refractivity contribution < 1.29 is 14.3 Å². The smallest absolute Gasteiger partial charge is 0.246 e. The van der Waals surface area contributed by atoms with Crippen LogP contribution in [0, 0.1) is 0 Å². The van der Waals surface area contributed by atoms with E-state index in [9.17, 15) is 9.59 Å². The molecule has 0 radical (unpaired) electrons. The predicted octanol–water partition coefficient (Wildman–Crippen LogP) is -0.0960. The molecule has 1 aliphatic carbocycles. The molecule has 1 spiro atoms. The van der Waals surface area contributed by atoms with E-state index in [4.69, 9.17) is 4.74 Å². The summed E-state index contributed by atoms with van der Waals surface area (Å²) in [6, 6.07) is 0. The van der Waals surface area contributed by atoms with Crippen molar-refractivity contribution >= 4 is 11.8 Å². The Hall–Kier alpha value is -1.10. The quantitative estimate of drug-likeness (QED) is 0.731. The number of hydrogen-bond donors (Lipinski definition) is 1. The van der Waals surface area contributed by atoms with Gasteiger partial charge >= 0.3 is 0 Å². The molecule has 0 aromatic carbocycles. The minimum absolute atomic E-state index is 0.0125. The monoisotopic (exact) mass is 226 g/mol. The van der Waals surface area contributed by atoms with E-state index in [1.807, 2.05) is 0 Å². The third-order valence-electron chi connectivity index (χ3n) is 3.59. The fourth-order valence-corrected chi connectivity index (χ4v) is 2.76. The van der Waals surface area contributed by atoms with E-state index in [0.717, 1.165) is 25.7 Å². The van der Waals surface area contributed by atoms with Crippen LogP contribution in [0.1, 0.15) is 25.7 Å². The van der Waals surface area contributed by atoms with Crippen molar-refractivity contribution in [2.75, 3.05) is 26.8 Å². The lowest BCUT2D eigenvalue weighted by Gasteiger charge is -2.43. The van der Waals surface area contributed by atoms with E-state index in [-0.39, 0.29) is 18.4 Å². The Bertz CT molecular complexity index is 298. The van der Waals surface area contributed by atoms with Crippen LogP contribution >= 0.6 is 0 Å². The lowest BCUT2D eigenvalue weighted by atomic mass is 9.91. The Labute approximate surface area is 95.1 Å². The van der Waals surface area contributed by atoms with Crippen molar-refractivity contribution in [1.29, 1.82) is 0 Å². The lowest BCUT2D eigenvalue weighted by Crippen LogP contribution is -2.66. The highest BCUT2D eigenvalue weighted by Gasteiger charge is 2.50. The van der Waals surface area contributed by atoms with Crippen LogP contribution in [-0.2, 0) is 14.3 Å². The maximum atomic E-state index is 12.0. The van der Waals surface area contributed by atoms with Gasteiger partial charge in [-0.2, -0.15) is 0 Å². The summed E-state index contributed by atoms with van der Waals surface area (Å²) in [4.78, 5) is 25.6. The van der Waals surface area contributed by atoms with Crippen LogP contribution in [-0.4, -0.2) is 49.1 Å². The van der Waals surface area contributed by atoms with Crippen molar-refractivity contribution in [1.82, 2.24) is 10.2 Å². The molecule has 0 aromatic rings. The maximum Gasteiger partial charge on any atom is 0.246 e. The first kappa shape index (κ1) is 11.4. The van der Waals surface area contributed by atoms with Gasteiger partial charge in [0.25, 0.3) is 0 Å².